The minimum absolute atomic E-state index is 0.0619. The Morgan fingerprint density at radius 1 is 1.11 bits per heavy atom. The zero-order valence-corrected chi connectivity index (χ0v) is 20.0. The highest BCUT2D eigenvalue weighted by molar-refractivity contribution is 7.99. The number of amides is 2. The van der Waals surface area contributed by atoms with Crippen LogP contribution in [0.15, 0.2) is 28.8 Å². The van der Waals surface area contributed by atoms with Crippen molar-refractivity contribution in [3.05, 3.63) is 35.7 Å². The van der Waals surface area contributed by atoms with Crippen LogP contribution in [0.3, 0.4) is 0 Å². The lowest BCUT2D eigenvalue weighted by Gasteiger charge is -2.40. The number of hydrogen-bond acceptors (Lipinski definition) is 8. The molecule has 9 nitrogen and oxygen atoms in total. The predicted octanol–water partition coefficient (Wildman–Crippen LogP) is 3.74. The van der Waals surface area contributed by atoms with Gasteiger partial charge in [-0.25, -0.2) is 4.79 Å². The van der Waals surface area contributed by atoms with Crippen LogP contribution in [0, 0.1) is 0 Å². The molecule has 192 valence electrons. The van der Waals surface area contributed by atoms with Crippen molar-refractivity contribution >= 4 is 17.8 Å². The molecule has 2 atom stereocenters. The maximum Gasteiger partial charge on any atom is 0.573 e. The zero-order chi connectivity index (χ0) is 24.8. The zero-order valence-electron chi connectivity index (χ0n) is 19.2. The van der Waals surface area contributed by atoms with E-state index < -0.39 is 6.36 Å². The molecule has 0 spiro atoms. The van der Waals surface area contributed by atoms with E-state index in [-0.39, 0.29) is 36.2 Å². The van der Waals surface area contributed by atoms with Crippen molar-refractivity contribution in [2.75, 3.05) is 58.0 Å². The van der Waals surface area contributed by atoms with Gasteiger partial charge in [0.15, 0.2) is 0 Å². The number of methoxy groups -OCH3 is 1. The van der Waals surface area contributed by atoms with E-state index in [4.69, 9.17) is 14.0 Å². The van der Waals surface area contributed by atoms with Gasteiger partial charge in [-0.15, -0.1) is 13.2 Å². The Labute approximate surface area is 204 Å². The van der Waals surface area contributed by atoms with Crippen LogP contribution in [0.1, 0.15) is 29.7 Å². The molecule has 2 aliphatic rings. The normalized spacial score (nSPS) is 21.1. The largest absolute Gasteiger partial charge is 0.573 e. The molecule has 1 aromatic heterocycles. The second-order valence-corrected chi connectivity index (χ2v) is 9.51. The number of aromatic nitrogens is 2. The maximum absolute atomic E-state index is 13.3. The molecule has 2 aromatic rings. The van der Waals surface area contributed by atoms with E-state index >= 15 is 0 Å². The highest BCUT2D eigenvalue weighted by Gasteiger charge is 2.37. The smallest absolute Gasteiger partial charge is 0.459 e. The Bertz CT molecular complexity index is 969. The van der Waals surface area contributed by atoms with Crippen LogP contribution in [-0.2, 0) is 4.74 Å². The lowest BCUT2D eigenvalue weighted by Crippen LogP contribution is -2.51. The molecule has 2 unspecified atom stereocenters. The number of carbonyl (C=O) groups excluding carboxylic acids is 1. The second-order valence-electron chi connectivity index (χ2n) is 8.29. The first-order valence-corrected chi connectivity index (χ1v) is 12.4. The van der Waals surface area contributed by atoms with Gasteiger partial charge in [0.1, 0.15) is 12.4 Å². The van der Waals surface area contributed by atoms with E-state index in [0.717, 1.165) is 17.1 Å². The number of nitrogens with zero attached hydrogens (tertiary/aromatic N) is 4. The molecule has 2 aliphatic heterocycles. The van der Waals surface area contributed by atoms with Crippen molar-refractivity contribution in [1.82, 2.24) is 19.9 Å². The average molecular weight is 517 g/mol. The van der Waals surface area contributed by atoms with Gasteiger partial charge in [-0.05, 0) is 29.3 Å². The minimum atomic E-state index is -4.76. The molecule has 3 heterocycles. The Morgan fingerprint density at radius 2 is 1.83 bits per heavy atom. The molecule has 2 fully saturated rings. The lowest BCUT2D eigenvalue weighted by atomic mass is 9.84. The van der Waals surface area contributed by atoms with Crippen molar-refractivity contribution in [3.63, 3.8) is 0 Å². The molecule has 0 aliphatic carbocycles. The fourth-order valence-corrected chi connectivity index (χ4v) is 5.14. The fourth-order valence-electron chi connectivity index (χ4n) is 4.23. The van der Waals surface area contributed by atoms with E-state index in [9.17, 15) is 18.0 Å². The Morgan fingerprint density at radius 3 is 2.51 bits per heavy atom. The first-order chi connectivity index (χ1) is 16.8. The minimum Gasteiger partial charge on any atom is -0.459 e. The summed E-state index contributed by atoms with van der Waals surface area (Å²) in [6.07, 6.45) is -4.17. The topological polar surface area (TPSA) is 90.2 Å². The van der Waals surface area contributed by atoms with E-state index in [1.165, 1.54) is 12.1 Å². The molecule has 2 amide bonds. The van der Waals surface area contributed by atoms with Crippen molar-refractivity contribution < 1.29 is 36.7 Å². The van der Waals surface area contributed by atoms with E-state index in [2.05, 4.69) is 14.9 Å². The maximum atomic E-state index is 13.3. The molecule has 13 heteroatoms. The van der Waals surface area contributed by atoms with Crippen LogP contribution in [0.4, 0.5) is 18.0 Å². The second kappa shape index (κ2) is 11.4. The van der Waals surface area contributed by atoms with E-state index in [1.54, 1.807) is 24.1 Å². The summed E-state index contributed by atoms with van der Waals surface area (Å²) in [6, 6.07) is 5.80. The van der Waals surface area contributed by atoms with Crippen molar-refractivity contribution in [2.24, 2.45) is 0 Å². The number of piperidine rings is 1. The summed E-state index contributed by atoms with van der Waals surface area (Å²) in [7, 11) is 1.56. The van der Waals surface area contributed by atoms with Crippen LogP contribution in [-0.4, -0.2) is 90.3 Å². The summed E-state index contributed by atoms with van der Waals surface area (Å²) < 4.78 is 57.4. The highest BCUT2D eigenvalue weighted by Crippen LogP contribution is 2.37. The third-order valence-electron chi connectivity index (χ3n) is 5.88. The Balaban J connectivity index is 1.52. The molecular weight excluding hydrogens is 489 g/mol. The standard InChI is InChI=1S/C22H27F3N4O5S/c1-31-8-9-32-20-26-19(34-27-20)17-12-16(15-2-4-18(5-3-15)33-22(23,24)25)13-29(14-17)21(30)28-6-10-35-11-7-28/h2-5,16-17H,6-14H2,1H3. The highest BCUT2D eigenvalue weighted by atomic mass is 32.2. The Kier molecular flexibility index (Phi) is 8.26. The van der Waals surface area contributed by atoms with Gasteiger partial charge in [0, 0.05) is 50.7 Å². The molecule has 35 heavy (non-hydrogen) atoms. The number of rotatable bonds is 7. The van der Waals surface area contributed by atoms with Gasteiger partial charge in [-0.3, -0.25) is 0 Å². The average Bonchev–Trinajstić information content (AvgIpc) is 3.32. The summed E-state index contributed by atoms with van der Waals surface area (Å²) in [5.41, 5.74) is 0.798. The van der Waals surface area contributed by atoms with Gasteiger partial charge >= 0.3 is 18.4 Å². The summed E-state index contributed by atoms with van der Waals surface area (Å²) in [6.45, 7) is 2.83. The number of likely N-dealkylation sites (tertiary alicyclic amines) is 1. The predicted molar refractivity (Wildman–Crippen MR) is 121 cm³/mol. The number of ether oxygens (including phenoxy) is 3. The van der Waals surface area contributed by atoms with Crippen LogP contribution in [0.5, 0.6) is 11.8 Å². The number of carbonyl (C=O) groups is 1. The van der Waals surface area contributed by atoms with Gasteiger partial charge in [0.25, 0.3) is 0 Å². The first kappa shape index (κ1) is 25.4. The van der Waals surface area contributed by atoms with Crippen molar-refractivity contribution in [3.8, 4) is 11.8 Å². The van der Waals surface area contributed by atoms with Crippen LogP contribution >= 0.6 is 11.8 Å². The summed E-state index contributed by atoms with van der Waals surface area (Å²) >= 11 is 1.81. The number of halogens is 3. The van der Waals surface area contributed by atoms with Crippen LogP contribution < -0.4 is 9.47 Å². The van der Waals surface area contributed by atoms with Gasteiger partial charge in [0.2, 0.25) is 5.89 Å². The monoisotopic (exact) mass is 516 g/mol. The van der Waals surface area contributed by atoms with Crippen molar-refractivity contribution in [2.45, 2.75) is 24.6 Å². The van der Waals surface area contributed by atoms with Gasteiger partial charge in [-0.1, -0.05) is 12.1 Å². The summed E-state index contributed by atoms with van der Waals surface area (Å²) in [4.78, 5) is 21.2. The molecule has 0 bridgehead atoms. The SMILES string of the molecule is COCCOc1noc(C2CC(c3ccc(OC(F)(F)F)cc3)CN(C(=O)N3CCSCC3)C2)n1. The third kappa shape index (κ3) is 6.94. The molecule has 2 saturated heterocycles. The number of benzene rings is 1. The fraction of sp³-hybridized carbons (Fsp3) is 0.591. The molecule has 0 N–H and O–H groups in total. The number of thioether (sulfide) groups is 1. The summed E-state index contributed by atoms with van der Waals surface area (Å²) in [5, 5.41) is 3.86. The lowest BCUT2D eigenvalue weighted by molar-refractivity contribution is -0.274. The Hall–Kier alpha value is -2.67. The van der Waals surface area contributed by atoms with Gasteiger partial charge in [0.05, 0.1) is 12.5 Å². The molecule has 4 rings (SSSR count). The third-order valence-corrected chi connectivity index (χ3v) is 6.82. The number of urea groups is 1. The van der Waals surface area contributed by atoms with Crippen LogP contribution in [0.2, 0.25) is 0 Å². The van der Waals surface area contributed by atoms with Crippen molar-refractivity contribution in [1.29, 1.82) is 0 Å². The number of alkyl halides is 3. The summed E-state index contributed by atoms with van der Waals surface area (Å²) in [5.74, 6) is 1.45. The molecular formula is C22H27F3N4O5S. The molecule has 1 aromatic carbocycles. The van der Waals surface area contributed by atoms with Gasteiger partial charge in [-0.2, -0.15) is 16.7 Å². The molecule has 0 saturated carbocycles. The first-order valence-electron chi connectivity index (χ1n) is 11.2. The van der Waals surface area contributed by atoms with Gasteiger partial charge < -0.3 is 28.5 Å². The quantitative estimate of drug-likeness (QED) is 0.515. The molecule has 0 radical (unpaired) electrons. The van der Waals surface area contributed by atoms with Crippen LogP contribution in [0.25, 0.3) is 0 Å². The van der Waals surface area contributed by atoms with E-state index in [0.29, 0.717) is 45.1 Å². The number of hydrogen-bond donors (Lipinski definition) is 0. The van der Waals surface area contributed by atoms with E-state index in [1.807, 2.05) is 16.7 Å².